The van der Waals surface area contributed by atoms with Crippen LogP contribution in [-0.4, -0.2) is 42.5 Å². The summed E-state index contributed by atoms with van der Waals surface area (Å²) in [5.74, 6) is 2.54. The van der Waals surface area contributed by atoms with Gasteiger partial charge in [-0.3, -0.25) is 0 Å². The van der Waals surface area contributed by atoms with Crippen LogP contribution in [0.2, 0.25) is 5.02 Å². The summed E-state index contributed by atoms with van der Waals surface area (Å²) in [5, 5.41) is 10.7. The lowest BCUT2D eigenvalue weighted by molar-refractivity contribution is 0.297. The third-order valence-electron chi connectivity index (χ3n) is 3.20. The number of benzene rings is 1. The van der Waals surface area contributed by atoms with Gasteiger partial charge in [0, 0.05) is 27.1 Å². The molecular weight excluding hydrogens is 306 g/mol. The second-order valence-corrected chi connectivity index (χ2v) is 5.59. The first-order valence-corrected chi connectivity index (χ1v) is 7.43. The summed E-state index contributed by atoms with van der Waals surface area (Å²) in [6, 6.07) is 3.80. The van der Waals surface area contributed by atoms with E-state index in [1.165, 1.54) is 0 Å². The van der Waals surface area contributed by atoms with Crippen LogP contribution in [0.1, 0.15) is 12.0 Å². The van der Waals surface area contributed by atoms with E-state index in [4.69, 9.17) is 21.1 Å². The van der Waals surface area contributed by atoms with Crippen molar-refractivity contribution in [2.45, 2.75) is 13.0 Å². The normalized spacial score (nSPS) is 13.6. The van der Waals surface area contributed by atoms with Crippen molar-refractivity contribution in [1.29, 1.82) is 0 Å². The lowest BCUT2D eigenvalue weighted by Gasteiger charge is -2.11. The summed E-state index contributed by atoms with van der Waals surface area (Å²) >= 11 is 6.27. The molecule has 1 aromatic carbocycles. The maximum atomic E-state index is 6.27. The van der Waals surface area contributed by atoms with E-state index in [1.54, 1.807) is 0 Å². The number of nitrogens with one attached hydrogen (secondary N) is 2. The SMILES string of the molecule is CN(C)c1n[nH]c(NCc2cc(Cl)c3c(c2)OCCCO3)n1. The van der Waals surface area contributed by atoms with E-state index >= 15 is 0 Å². The largest absolute Gasteiger partial charge is 0.489 e. The van der Waals surface area contributed by atoms with Crippen molar-refractivity contribution in [2.75, 3.05) is 37.5 Å². The van der Waals surface area contributed by atoms with Crippen LogP contribution in [0.4, 0.5) is 11.9 Å². The minimum atomic E-state index is 0.554. The van der Waals surface area contributed by atoms with Crippen molar-refractivity contribution in [1.82, 2.24) is 15.2 Å². The molecule has 1 aliphatic heterocycles. The van der Waals surface area contributed by atoms with Gasteiger partial charge in [-0.2, -0.15) is 4.98 Å². The maximum absolute atomic E-state index is 6.27. The number of fused-ring (bicyclic) bond motifs is 1. The van der Waals surface area contributed by atoms with Gasteiger partial charge in [-0.05, 0) is 17.7 Å². The number of ether oxygens (including phenoxy) is 2. The Morgan fingerprint density at radius 3 is 2.91 bits per heavy atom. The summed E-state index contributed by atoms with van der Waals surface area (Å²) in [6.07, 6.45) is 0.851. The van der Waals surface area contributed by atoms with E-state index in [9.17, 15) is 0 Å². The second-order valence-electron chi connectivity index (χ2n) is 5.19. The van der Waals surface area contributed by atoms with Crippen LogP contribution in [-0.2, 0) is 6.54 Å². The molecule has 2 N–H and O–H groups in total. The molecular formula is C14H18ClN5O2. The van der Waals surface area contributed by atoms with E-state index in [1.807, 2.05) is 31.1 Å². The van der Waals surface area contributed by atoms with E-state index in [0.29, 0.717) is 48.2 Å². The molecule has 7 nitrogen and oxygen atoms in total. The van der Waals surface area contributed by atoms with Gasteiger partial charge in [-0.15, -0.1) is 5.10 Å². The molecule has 2 heterocycles. The molecule has 0 bridgehead atoms. The zero-order valence-electron chi connectivity index (χ0n) is 12.5. The molecule has 0 saturated heterocycles. The monoisotopic (exact) mass is 323 g/mol. The summed E-state index contributed by atoms with van der Waals surface area (Å²) in [4.78, 5) is 6.13. The molecule has 0 atom stereocenters. The van der Waals surface area contributed by atoms with Crippen molar-refractivity contribution >= 4 is 23.5 Å². The van der Waals surface area contributed by atoms with Gasteiger partial charge in [0.1, 0.15) is 0 Å². The fourth-order valence-corrected chi connectivity index (χ4v) is 2.39. The third kappa shape index (κ3) is 3.19. The first kappa shape index (κ1) is 14.8. The predicted octanol–water partition coefficient (Wildman–Crippen LogP) is 2.30. The maximum Gasteiger partial charge on any atom is 0.245 e. The molecule has 0 radical (unpaired) electrons. The molecule has 2 aromatic rings. The molecule has 0 aliphatic carbocycles. The summed E-state index contributed by atoms with van der Waals surface area (Å²) in [5.41, 5.74) is 0.983. The molecule has 118 valence electrons. The van der Waals surface area contributed by atoms with Crippen molar-refractivity contribution in [3.8, 4) is 11.5 Å². The second kappa shape index (κ2) is 6.31. The van der Waals surface area contributed by atoms with Gasteiger partial charge in [0.2, 0.25) is 11.9 Å². The highest BCUT2D eigenvalue weighted by Crippen LogP contribution is 2.38. The number of hydrogen-bond acceptors (Lipinski definition) is 6. The highest BCUT2D eigenvalue weighted by Gasteiger charge is 2.15. The number of rotatable bonds is 4. The van der Waals surface area contributed by atoms with Crippen molar-refractivity contribution in [2.24, 2.45) is 0 Å². The standard InChI is InChI=1S/C14H18ClN5O2/c1-20(2)14-17-13(18-19-14)16-8-9-6-10(15)12-11(7-9)21-4-3-5-22-12/h6-7H,3-5,8H2,1-2H3,(H2,16,17,18,19). The topological polar surface area (TPSA) is 75.3 Å². The number of anilines is 2. The Hall–Kier alpha value is -2.15. The lowest BCUT2D eigenvalue weighted by atomic mass is 10.2. The number of H-pyrrole nitrogens is 1. The fourth-order valence-electron chi connectivity index (χ4n) is 2.10. The molecule has 8 heteroatoms. The first-order chi connectivity index (χ1) is 10.6. The average molecular weight is 324 g/mol. The Labute approximate surface area is 133 Å². The highest BCUT2D eigenvalue weighted by atomic mass is 35.5. The summed E-state index contributed by atoms with van der Waals surface area (Å²) in [7, 11) is 3.77. The molecule has 0 fully saturated rings. The Balaban J connectivity index is 1.72. The van der Waals surface area contributed by atoms with Gasteiger partial charge in [0.15, 0.2) is 11.5 Å². The zero-order valence-corrected chi connectivity index (χ0v) is 13.3. The highest BCUT2D eigenvalue weighted by molar-refractivity contribution is 6.32. The number of nitrogens with zero attached hydrogens (tertiary/aromatic N) is 3. The zero-order chi connectivity index (χ0) is 15.5. The quantitative estimate of drug-likeness (QED) is 0.899. The number of hydrogen-bond donors (Lipinski definition) is 2. The first-order valence-electron chi connectivity index (χ1n) is 7.05. The van der Waals surface area contributed by atoms with E-state index in [2.05, 4.69) is 20.5 Å². The molecule has 0 amide bonds. The van der Waals surface area contributed by atoms with Crippen LogP contribution in [0.25, 0.3) is 0 Å². The van der Waals surface area contributed by atoms with Gasteiger partial charge in [0.25, 0.3) is 0 Å². The Kier molecular flexibility index (Phi) is 4.24. The predicted molar refractivity (Wildman–Crippen MR) is 85.1 cm³/mol. The Bertz CT molecular complexity index is 659. The van der Waals surface area contributed by atoms with E-state index < -0.39 is 0 Å². The summed E-state index contributed by atoms with van der Waals surface area (Å²) < 4.78 is 11.3. The third-order valence-corrected chi connectivity index (χ3v) is 3.48. The lowest BCUT2D eigenvalue weighted by Crippen LogP contribution is -2.10. The van der Waals surface area contributed by atoms with Crippen LogP contribution >= 0.6 is 11.6 Å². The molecule has 0 unspecified atom stereocenters. The average Bonchev–Trinajstić information content (AvgIpc) is 2.84. The number of halogens is 1. The molecule has 0 saturated carbocycles. The van der Waals surface area contributed by atoms with Crippen molar-refractivity contribution in [3.05, 3.63) is 22.7 Å². The minimum Gasteiger partial charge on any atom is -0.489 e. The molecule has 3 rings (SSSR count). The molecule has 1 aliphatic rings. The molecule has 22 heavy (non-hydrogen) atoms. The van der Waals surface area contributed by atoms with Crippen LogP contribution in [0.3, 0.4) is 0 Å². The van der Waals surface area contributed by atoms with Crippen molar-refractivity contribution in [3.63, 3.8) is 0 Å². The van der Waals surface area contributed by atoms with Gasteiger partial charge in [-0.1, -0.05) is 11.6 Å². The minimum absolute atomic E-state index is 0.554. The van der Waals surface area contributed by atoms with Gasteiger partial charge >= 0.3 is 0 Å². The Morgan fingerprint density at radius 2 is 2.14 bits per heavy atom. The molecule has 1 aromatic heterocycles. The van der Waals surface area contributed by atoms with Crippen LogP contribution in [0.15, 0.2) is 12.1 Å². The number of aromatic amines is 1. The van der Waals surface area contributed by atoms with Crippen molar-refractivity contribution < 1.29 is 9.47 Å². The van der Waals surface area contributed by atoms with Crippen LogP contribution < -0.4 is 19.7 Å². The molecule has 0 spiro atoms. The van der Waals surface area contributed by atoms with Gasteiger partial charge < -0.3 is 19.7 Å². The van der Waals surface area contributed by atoms with Crippen LogP contribution in [0.5, 0.6) is 11.5 Å². The smallest absolute Gasteiger partial charge is 0.245 e. The Morgan fingerprint density at radius 1 is 1.32 bits per heavy atom. The van der Waals surface area contributed by atoms with Gasteiger partial charge in [0.05, 0.1) is 18.2 Å². The number of aromatic nitrogens is 3. The fraction of sp³-hybridized carbons (Fsp3) is 0.429. The summed E-state index contributed by atoms with van der Waals surface area (Å²) in [6.45, 7) is 1.81. The van der Waals surface area contributed by atoms with Crippen LogP contribution in [0, 0.1) is 0 Å². The van der Waals surface area contributed by atoms with E-state index in [-0.39, 0.29) is 0 Å². The van der Waals surface area contributed by atoms with E-state index in [0.717, 1.165) is 12.0 Å². The van der Waals surface area contributed by atoms with Gasteiger partial charge in [-0.25, -0.2) is 5.10 Å².